The number of rotatable bonds is 0. The van der Waals surface area contributed by atoms with Crippen molar-refractivity contribution < 1.29 is 0 Å². The zero-order valence-electron chi connectivity index (χ0n) is 1.63. The van der Waals surface area contributed by atoms with Crippen LogP contribution in [0.2, 0.25) is 0 Å². The summed E-state index contributed by atoms with van der Waals surface area (Å²) in [5.41, 5.74) is 0. The molecule has 0 aromatic heterocycles. The minimum atomic E-state index is -1.46. The van der Waals surface area contributed by atoms with E-state index >= 15 is 0 Å². The fraction of sp³-hybridized carbons (Fsp3) is 0. The van der Waals surface area contributed by atoms with Gasteiger partial charge in [0.2, 0.25) is 0 Å². The van der Waals surface area contributed by atoms with Crippen LogP contribution in [0.25, 0.3) is 0 Å². The molecular formula is H4Cl3GeSi. The second-order valence-corrected chi connectivity index (χ2v) is 5.79. The Morgan fingerprint density at radius 3 is 1.00 bits per heavy atom. The van der Waals surface area contributed by atoms with Crippen LogP contribution in [-0.2, 0) is 0 Å². The van der Waals surface area contributed by atoms with Gasteiger partial charge in [-0.05, 0) is 0 Å². The van der Waals surface area contributed by atoms with E-state index in [0.717, 1.165) is 0 Å². The Hall–Kier alpha value is 1.63. The molecule has 0 spiro atoms. The molecular weight excluding hydrogens is 207 g/mol. The summed E-state index contributed by atoms with van der Waals surface area (Å²) in [5, 5.41) is 0. The van der Waals surface area contributed by atoms with Crippen LogP contribution in [-0.4, -0.2) is 24.3 Å². The molecule has 0 aliphatic heterocycles. The first kappa shape index (κ1) is 9.80. The van der Waals surface area contributed by atoms with Crippen LogP contribution in [0, 0.1) is 0 Å². The van der Waals surface area contributed by atoms with Crippen molar-refractivity contribution in [3.8, 4) is 0 Å². The van der Waals surface area contributed by atoms with Crippen molar-refractivity contribution in [3.63, 3.8) is 0 Å². The number of hydrogen-bond donors (Lipinski definition) is 0. The maximum absolute atomic E-state index is 4.91. The molecule has 0 aromatic carbocycles. The molecule has 0 aliphatic rings. The Bertz CT molecular complexity index is 11.6. The summed E-state index contributed by atoms with van der Waals surface area (Å²) in [6.45, 7) is -1.46. The zero-order chi connectivity index (χ0) is 3.58. The van der Waals surface area contributed by atoms with E-state index in [0.29, 0.717) is 0 Å². The van der Waals surface area contributed by atoms with Crippen LogP contribution in [0.5, 0.6) is 0 Å². The molecule has 0 aromatic rings. The van der Waals surface area contributed by atoms with Crippen molar-refractivity contribution >= 4 is 57.6 Å². The summed E-state index contributed by atoms with van der Waals surface area (Å²) in [7, 11) is 0. The van der Waals surface area contributed by atoms with Crippen LogP contribution in [0.3, 0.4) is 0 Å². The van der Waals surface area contributed by atoms with Gasteiger partial charge < -0.3 is 0 Å². The van der Waals surface area contributed by atoms with Crippen molar-refractivity contribution in [2.75, 3.05) is 0 Å². The standard InChI is InChI=1S/Cl3Si.GeH4/c1-4(2)3;/h;1H4. The fourth-order valence-electron chi connectivity index (χ4n) is 0. The number of hydrogen-bond acceptors (Lipinski definition) is 0. The Kier molecular flexibility index (Phi) is 11.0. The predicted molar refractivity (Wildman–Crippen MR) is 34.6 cm³/mol. The Labute approximate surface area is 57.5 Å². The molecule has 0 rings (SSSR count). The van der Waals surface area contributed by atoms with Gasteiger partial charge in [0, 0.05) is 0 Å². The summed E-state index contributed by atoms with van der Waals surface area (Å²) in [6, 6.07) is 0. The second-order valence-electron chi connectivity index (χ2n) is 0.214. The van der Waals surface area contributed by atoms with Crippen LogP contribution in [0.4, 0.5) is 0 Å². The summed E-state index contributed by atoms with van der Waals surface area (Å²) in [6.07, 6.45) is 0. The average molecular weight is 211 g/mol. The summed E-state index contributed by atoms with van der Waals surface area (Å²) in [4.78, 5) is 0. The van der Waals surface area contributed by atoms with Crippen LogP contribution in [0.1, 0.15) is 0 Å². The quantitative estimate of drug-likeness (QED) is 0.397. The van der Waals surface area contributed by atoms with Crippen molar-refractivity contribution in [1.29, 1.82) is 0 Å². The van der Waals surface area contributed by atoms with Gasteiger partial charge in [0.05, 0.1) is 0 Å². The van der Waals surface area contributed by atoms with E-state index in [-0.39, 0.29) is 17.6 Å². The van der Waals surface area contributed by atoms with Gasteiger partial charge in [0.15, 0.2) is 0 Å². The van der Waals surface area contributed by atoms with Gasteiger partial charge in [-0.1, -0.05) is 0 Å². The average Bonchev–Trinajstić information content (AvgIpc) is 0.811. The van der Waals surface area contributed by atoms with Crippen molar-refractivity contribution in [2.24, 2.45) is 0 Å². The van der Waals surface area contributed by atoms with E-state index in [2.05, 4.69) is 0 Å². The van der Waals surface area contributed by atoms with E-state index in [1.807, 2.05) is 0 Å². The molecule has 0 atom stereocenters. The fourth-order valence-corrected chi connectivity index (χ4v) is 0. The Morgan fingerprint density at radius 2 is 1.00 bits per heavy atom. The summed E-state index contributed by atoms with van der Waals surface area (Å²) >= 11 is 14.7. The van der Waals surface area contributed by atoms with Crippen LogP contribution in [0.15, 0.2) is 0 Å². The topological polar surface area (TPSA) is 0 Å². The first-order valence-electron chi connectivity index (χ1n) is 0.567. The SMILES string of the molecule is Cl[Si](Cl)Cl.[GeH4]. The first-order chi connectivity index (χ1) is 1.73. The van der Waals surface area contributed by atoms with Gasteiger partial charge in [-0.3, -0.25) is 0 Å². The summed E-state index contributed by atoms with van der Waals surface area (Å²) < 4.78 is 0. The zero-order valence-corrected chi connectivity index (χ0v) is 4.90. The molecule has 0 amide bonds. The second kappa shape index (κ2) is 5.63. The molecule has 0 aliphatic carbocycles. The molecule has 5 heteroatoms. The van der Waals surface area contributed by atoms with Crippen LogP contribution >= 0.6 is 33.2 Å². The molecule has 0 saturated heterocycles. The molecule has 0 heterocycles. The third kappa shape index (κ3) is 27.9. The van der Waals surface area contributed by atoms with Gasteiger partial charge in [-0.2, -0.15) is 0 Å². The first-order valence-corrected chi connectivity index (χ1v) is 5.10. The van der Waals surface area contributed by atoms with Gasteiger partial charge >= 0.3 is 24.3 Å². The Morgan fingerprint density at radius 1 is 1.00 bits per heavy atom. The van der Waals surface area contributed by atoms with E-state index in [1.165, 1.54) is 0 Å². The molecule has 5 heavy (non-hydrogen) atoms. The number of halogens is 3. The molecule has 0 unspecified atom stereocenters. The molecule has 0 saturated carbocycles. The molecule has 33 valence electrons. The van der Waals surface area contributed by atoms with E-state index in [9.17, 15) is 0 Å². The normalized spacial score (nSPS) is 7.20. The van der Waals surface area contributed by atoms with Crippen LogP contribution < -0.4 is 0 Å². The third-order valence-electron chi connectivity index (χ3n) is 0. The molecule has 0 fully saturated rings. The van der Waals surface area contributed by atoms with E-state index < -0.39 is 6.73 Å². The van der Waals surface area contributed by atoms with Gasteiger partial charge in [-0.15, -0.1) is 33.2 Å². The predicted octanol–water partition coefficient (Wildman–Crippen LogP) is 0.236. The molecule has 0 bridgehead atoms. The minimum absolute atomic E-state index is 0. The molecule has 0 N–H and O–H groups in total. The molecule has 1 radical (unpaired) electrons. The van der Waals surface area contributed by atoms with E-state index in [1.54, 1.807) is 0 Å². The van der Waals surface area contributed by atoms with Crippen molar-refractivity contribution in [3.05, 3.63) is 0 Å². The van der Waals surface area contributed by atoms with Gasteiger partial charge in [0.1, 0.15) is 0 Å². The monoisotopic (exact) mass is 211 g/mol. The van der Waals surface area contributed by atoms with Gasteiger partial charge in [-0.25, -0.2) is 0 Å². The maximum atomic E-state index is 4.91. The van der Waals surface area contributed by atoms with Crippen molar-refractivity contribution in [1.82, 2.24) is 0 Å². The van der Waals surface area contributed by atoms with E-state index in [4.69, 9.17) is 33.2 Å². The van der Waals surface area contributed by atoms with Crippen molar-refractivity contribution in [2.45, 2.75) is 0 Å². The summed E-state index contributed by atoms with van der Waals surface area (Å²) in [5.74, 6) is 0. The third-order valence-corrected chi connectivity index (χ3v) is 0. The Balaban J connectivity index is 0. The molecule has 0 nitrogen and oxygen atoms in total. The van der Waals surface area contributed by atoms with Gasteiger partial charge in [0.25, 0.3) is 0 Å².